The summed E-state index contributed by atoms with van der Waals surface area (Å²) < 4.78 is 32.7. The predicted octanol–water partition coefficient (Wildman–Crippen LogP) is -2.38. The van der Waals surface area contributed by atoms with E-state index in [4.69, 9.17) is 34.7 Å². The van der Waals surface area contributed by atoms with E-state index in [2.05, 4.69) is 16.3 Å². The second kappa shape index (κ2) is 21.1. The lowest BCUT2D eigenvalue weighted by Crippen LogP contribution is -3.00. The van der Waals surface area contributed by atoms with Crippen LogP contribution in [0.2, 0.25) is 0 Å². The molecule has 0 radical (unpaired) electrons. The summed E-state index contributed by atoms with van der Waals surface area (Å²) in [6.07, 6.45) is 0. The highest BCUT2D eigenvalue weighted by Crippen LogP contribution is 2.27. The highest BCUT2D eigenvalue weighted by atomic mass is 35.5. The minimum atomic E-state index is -0.881. The second-order valence-electron chi connectivity index (χ2n) is 13.3. The molecule has 0 spiro atoms. The van der Waals surface area contributed by atoms with Gasteiger partial charge in [-0.25, -0.2) is 4.85 Å². The number of benzene rings is 6. The van der Waals surface area contributed by atoms with E-state index in [0.717, 1.165) is 68.8 Å². The van der Waals surface area contributed by atoms with E-state index in [1.54, 1.807) is 30.3 Å². The predicted molar refractivity (Wildman–Crippen MR) is 220 cm³/mol. The Morgan fingerprint density at radius 1 is 0.508 bits per heavy atom. The Balaban J connectivity index is 0.000000236. The molecule has 0 saturated heterocycles. The van der Waals surface area contributed by atoms with Crippen LogP contribution in [-0.4, -0.2) is 36.4 Å². The molecule has 304 valence electrons. The van der Waals surface area contributed by atoms with Crippen LogP contribution in [0.1, 0.15) is 30.7 Å². The third-order valence-corrected chi connectivity index (χ3v) is 9.37. The minimum Gasteiger partial charge on any atom is -1.00 e. The number of fused-ring (bicyclic) bond motifs is 3. The number of rotatable bonds is 8. The first-order valence-corrected chi connectivity index (χ1v) is 18.3. The van der Waals surface area contributed by atoms with Gasteiger partial charge in [-0.05, 0) is 106 Å². The van der Waals surface area contributed by atoms with Crippen LogP contribution in [0.5, 0.6) is 34.5 Å². The van der Waals surface area contributed by atoms with Crippen molar-refractivity contribution in [3.05, 3.63) is 167 Å². The van der Waals surface area contributed by atoms with Gasteiger partial charge in [0, 0.05) is 14.0 Å². The Morgan fingerprint density at radius 3 is 1.20 bits per heavy atom. The normalized spacial score (nSPS) is 12.8. The molecule has 59 heavy (non-hydrogen) atoms. The van der Waals surface area contributed by atoms with E-state index in [1.807, 2.05) is 97.1 Å². The molecule has 0 atom stereocenters. The van der Waals surface area contributed by atoms with Gasteiger partial charge < -0.3 is 79.5 Å². The van der Waals surface area contributed by atoms with Crippen LogP contribution in [0.4, 0.5) is 5.69 Å². The van der Waals surface area contributed by atoms with Crippen LogP contribution in [0.25, 0.3) is 4.85 Å². The van der Waals surface area contributed by atoms with Crippen molar-refractivity contribution < 1.29 is 82.4 Å². The number of hydrogen-bond acceptors (Lipinski definition) is 9. The van der Waals surface area contributed by atoms with E-state index >= 15 is 0 Å². The van der Waals surface area contributed by atoms with Crippen LogP contribution in [0, 0.1) is 6.57 Å². The number of ether oxygens (including phenoxy) is 3. The van der Waals surface area contributed by atoms with Crippen molar-refractivity contribution in [1.29, 1.82) is 0 Å². The maximum Gasteiger partial charge on any atom is 0.491 e. The molecule has 0 aliphatic carbocycles. The monoisotopic (exact) mass is 837 g/mol. The van der Waals surface area contributed by atoms with E-state index in [0.29, 0.717) is 48.5 Å². The van der Waals surface area contributed by atoms with Gasteiger partial charge in [-0.2, -0.15) is 0 Å². The first-order valence-electron chi connectivity index (χ1n) is 18.3. The molecule has 6 aromatic rings. The lowest BCUT2D eigenvalue weighted by atomic mass is 9.79. The summed E-state index contributed by atoms with van der Waals surface area (Å²) in [5.41, 5.74) is 15.8. The highest BCUT2D eigenvalue weighted by molar-refractivity contribution is 6.62. The van der Waals surface area contributed by atoms with E-state index in [1.165, 1.54) is 0 Å². The highest BCUT2D eigenvalue weighted by Gasteiger charge is 2.29. The van der Waals surface area contributed by atoms with Gasteiger partial charge in [0.1, 0.15) is 34.5 Å². The van der Waals surface area contributed by atoms with Gasteiger partial charge in [0.05, 0.1) is 39.5 Å². The Bertz CT molecular complexity index is 2310. The molecular weight excluding hydrogens is 794 g/mol. The molecule has 3 aliphatic rings. The number of hydrogen-bond donors (Lipinski definition) is 5. The van der Waals surface area contributed by atoms with Gasteiger partial charge >= 0.3 is 21.4 Å². The fourth-order valence-corrected chi connectivity index (χ4v) is 6.32. The Labute approximate surface area is 358 Å². The van der Waals surface area contributed by atoms with E-state index < -0.39 is 21.4 Å². The summed E-state index contributed by atoms with van der Waals surface area (Å²) in [6, 6.07) is 39.3. The minimum absolute atomic E-state index is 0. The van der Waals surface area contributed by atoms with Crippen LogP contribution in [-0.2, 0) is 46.9 Å². The molecule has 12 nitrogen and oxygen atoms in total. The summed E-state index contributed by atoms with van der Waals surface area (Å²) in [4.78, 5) is 3.35. The SMILES string of the molecule is [C-]#[N+]c1cccc(Oc2ccc3c(c2)B(O)OC3)c1.[Cl-].[Cl-].[HH].[HH].[NH3+]Cc1cccc(Oc2ccc3c(c2)B(O)OC3)c1.[NH3+]Cc1cccc(Oc2ccc3c(c2)B(O)OC3)c1. The van der Waals surface area contributed by atoms with Crippen LogP contribution >= 0.6 is 0 Å². The van der Waals surface area contributed by atoms with Crippen molar-refractivity contribution >= 4 is 43.4 Å². The topological polar surface area (TPSA) is 176 Å². The van der Waals surface area contributed by atoms with Crippen molar-refractivity contribution in [3.63, 3.8) is 0 Å². The summed E-state index contributed by atoms with van der Waals surface area (Å²) in [7, 11) is -2.57. The van der Waals surface area contributed by atoms with Gasteiger partial charge in [0.2, 0.25) is 0 Å². The standard InChI is InChI=1S/C14H10BNO3.2C14H14BNO3.2ClH.2H2/c1-16-11-3-2-4-12(7-11)19-13-6-5-10-9-18-15(17)14(10)8-13;2*16-8-10-2-1-3-12(6-10)19-13-5-4-11-9-18-15(17)14(11)7-13;;;;/h2-8,17H,9H2;2*1-7,17H,8-9,16H2;4*1H. The van der Waals surface area contributed by atoms with E-state index in [-0.39, 0.29) is 27.7 Å². The Hall–Kier alpha value is -5.34. The Morgan fingerprint density at radius 2 is 0.847 bits per heavy atom. The van der Waals surface area contributed by atoms with Crippen molar-refractivity contribution in [2.45, 2.75) is 32.9 Å². The molecule has 0 amide bonds. The second-order valence-corrected chi connectivity index (χ2v) is 13.3. The average Bonchev–Trinajstić information content (AvgIpc) is 3.93. The molecule has 0 unspecified atom stereocenters. The van der Waals surface area contributed by atoms with Crippen molar-refractivity contribution in [2.75, 3.05) is 0 Å². The molecule has 0 aromatic heterocycles. The molecule has 3 heterocycles. The zero-order chi connectivity index (χ0) is 39.7. The molecule has 0 saturated carbocycles. The molecule has 0 bridgehead atoms. The van der Waals surface area contributed by atoms with Gasteiger partial charge in [0.15, 0.2) is 5.69 Å². The molecular formula is C42H44B3Cl2N3O9. The molecule has 6 aromatic carbocycles. The third kappa shape index (κ3) is 11.4. The summed E-state index contributed by atoms with van der Waals surface area (Å²) in [5.74, 6) is 4.16. The average molecular weight is 838 g/mol. The van der Waals surface area contributed by atoms with Crippen LogP contribution in [0.3, 0.4) is 0 Å². The number of halogens is 2. The largest absolute Gasteiger partial charge is 1.00 e. The maximum absolute atomic E-state index is 9.67. The Kier molecular flexibility index (Phi) is 16.0. The summed E-state index contributed by atoms with van der Waals surface area (Å²) in [6.45, 7) is 9.75. The molecule has 9 N–H and O–H groups in total. The molecule has 3 aliphatic heterocycles. The van der Waals surface area contributed by atoms with Gasteiger partial charge in [-0.1, -0.05) is 54.6 Å². The van der Waals surface area contributed by atoms with Crippen molar-refractivity contribution in [3.8, 4) is 34.5 Å². The van der Waals surface area contributed by atoms with Gasteiger partial charge in [-0.3, -0.25) is 0 Å². The van der Waals surface area contributed by atoms with Gasteiger partial charge in [-0.15, -0.1) is 0 Å². The maximum atomic E-state index is 9.67. The number of nitrogens with zero attached hydrogens (tertiary/aromatic N) is 1. The van der Waals surface area contributed by atoms with Crippen LogP contribution < -0.4 is 66.9 Å². The first-order chi connectivity index (χ1) is 27.8. The quantitative estimate of drug-likeness (QED) is 0.0830. The fraction of sp³-hybridized carbons (Fsp3) is 0.119. The third-order valence-electron chi connectivity index (χ3n) is 9.37. The summed E-state index contributed by atoms with van der Waals surface area (Å²) >= 11 is 0. The van der Waals surface area contributed by atoms with Crippen molar-refractivity contribution in [1.82, 2.24) is 0 Å². The molecule has 9 rings (SSSR count). The van der Waals surface area contributed by atoms with Crippen LogP contribution in [0.15, 0.2) is 127 Å². The zero-order valence-corrected chi connectivity index (χ0v) is 33.3. The lowest BCUT2D eigenvalue weighted by Gasteiger charge is -2.08. The molecule has 0 fully saturated rings. The smallest absolute Gasteiger partial charge is 0.491 e. The fourth-order valence-electron chi connectivity index (χ4n) is 6.32. The molecule has 17 heteroatoms. The van der Waals surface area contributed by atoms with Gasteiger partial charge in [0.25, 0.3) is 0 Å². The summed E-state index contributed by atoms with van der Waals surface area (Å²) in [5, 5.41) is 29.0. The first kappa shape index (κ1) is 44.8. The van der Waals surface area contributed by atoms with E-state index in [9.17, 15) is 15.1 Å². The lowest BCUT2D eigenvalue weighted by molar-refractivity contribution is -0.386. The zero-order valence-electron chi connectivity index (χ0n) is 31.8. The van der Waals surface area contributed by atoms with Crippen molar-refractivity contribution in [2.24, 2.45) is 0 Å². The number of quaternary nitrogens is 2.